The largest absolute Gasteiger partial charge is 0.506 e. The van der Waals surface area contributed by atoms with Crippen LogP contribution in [0.25, 0.3) is 0 Å². The highest BCUT2D eigenvalue weighted by molar-refractivity contribution is 7.99. The molecule has 0 radical (unpaired) electrons. The van der Waals surface area contributed by atoms with E-state index < -0.39 is 0 Å². The van der Waals surface area contributed by atoms with Gasteiger partial charge in [-0.1, -0.05) is 17.7 Å². The van der Waals surface area contributed by atoms with Gasteiger partial charge in [0.25, 0.3) is 0 Å². The minimum absolute atomic E-state index is 0.147. The second-order valence-electron chi connectivity index (χ2n) is 3.82. The van der Waals surface area contributed by atoms with E-state index in [9.17, 15) is 5.11 Å². The van der Waals surface area contributed by atoms with Crippen LogP contribution in [0.1, 0.15) is 24.3 Å². The van der Waals surface area contributed by atoms with E-state index in [0.29, 0.717) is 16.4 Å². The van der Waals surface area contributed by atoms with E-state index in [4.69, 9.17) is 11.6 Å². The van der Waals surface area contributed by atoms with E-state index in [1.807, 2.05) is 23.9 Å². The molecule has 1 aliphatic rings. The van der Waals surface area contributed by atoms with Crippen molar-refractivity contribution in [1.82, 2.24) is 5.32 Å². The summed E-state index contributed by atoms with van der Waals surface area (Å²) < 4.78 is 0. The number of hydrogen-bond donors (Lipinski definition) is 2. The quantitative estimate of drug-likeness (QED) is 0.795. The Balaban J connectivity index is 2.18. The lowest BCUT2D eigenvalue weighted by Gasteiger charge is -2.28. The first-order valence-electron chi connectivity index (χ1n) is 5.03. The number of phenols is 1. The fourth-order valence-electron chi connectivity index (χ4n) is 1.63. The lowest BCUT2D eigenvalue weighted by molar-refractivity contribution is 0.474. The van der Waals surface area contributed by atoms with Gasteiger partial charge < -0.3 is 5.11 Å². The van der Waals surface area contributed by atoms with Gasteiger partial charge in [-0.3, -0.25) is 5.32 Å². The summed E-state index contributed by atoms with van der Waals surface area (Å²) in [5, 5.41) is 13.6. The van der Waals surface area contributed by atoms with Crippen molar-refractivity contribution in [3.8, 4) is 5.75 Å². The molecule has 2 N–H and O–H groups in total. The van der Waals surface area contributed by atoms with E-state index in [0.717, 1.165) is 11.3 Å². The maximum absolute atomic E-state index is 9.33. The molecule has 1 heterocycles. The highest BCUT2D eigenvalue weighted by Crippen LogP contribution is 2.34. The van der Waals surface area contributed by atoms with E-state index >= 15 is 0 Å². The summed E-state index contributed by atoms with van der Waals surface area (Å²) in [7, 11) is 0. The molecule has 0 saturated carbocycles. The molecule has 1 aromatic carbocycles. The molecule has 0 aliphatic carbocycles. The van der Waals surface area contributed by atoms with Gasteiger partial charge in [-0.2, -0.15) is 0 Å². The van der Waals surface area contributed by atoms with Gasteiger partial charge in [0, 0.05) is 6.04 Å². The third kappa shape index (κ3) is 2.60. The van der Waals surface area contributed by atoms with Crippen LogP contribution in [0.15, 0.2) is 18.2 Å². The maximum Gasteiger partial charge on any atom is 0.134 e. The van der Waals surface area contributed by atoms with E-state index in [2.05, 4.69) is 12.2 Å². The Kier molecular flexibility index (Phi) is 3.44. The average molecular weight is 244 g/mol. The Morgan fingerprint density at radius 3 is 3.00 bits per heavy atom. The van der Waals surface area contributed by atoms with Crippen molar-refractivity contribution in [3.63, 3.8) is 0 Å². The highest BCUT2D eigenvalue weighted by atomic mass is 35.5. The third-order valence-electron chi connectivity index (χ3n) is 2.55. The van der Waals surface area contributed by atoms with E-state index in [-0.39, 0.29) is 5.75 Å². The zero-order chi connectivity index (χ0) is 10.8. The molecule has 0 bridgehead atoms. The van der Waals surface area contributed by atoms with Crippen LogP contribution in [-0.4, -0.2) is 16.9 Å². The maximum atomic E-state index is 9.33. The van der Waals surface area contributed by atoms with Gasteiger partial charge in [0.15, 0.2) is 0 Å². The number of benzene rings is 1. The topological polar surface area (TPSA) is 32.3 Å². The molecule has 2 rings (SSSR count). The van der Waals surface area contributed by atoms with Crippen molar-refractivity contribution in [3.05, 3.63) is 28.8 Å². The molecule has 1 saturated heterocycles. The summed E-state index contributed by atoms with van der Waals surface area (Å²) in [6, 6.07) is 5.95. The van der Waals surface area contributed by atoms with Gasteiger partial charge in [0.1, 0.15) is 5.75 Å². The van der Waals surface area contributed by atoms with Crippen LogP contribution in [0.2, 0.25) is 5.02 Å². The molecular weight excluding hydrogens is 230 g/mol. The first kappa shape index (κ1) is 11.1. The van der Waals surface area contributed by atoms with Gasteiger partial charge in [-0.05, 0) is 36.8 Å². The Labute approximate surface area is 99.0 Å². The van der Waals surface area contributed by atoms with Gasteiger partial charge in [-0.25, -0.2) is 0 Å². The molecular formula is C11H14ClNOS. The molecule has 15 heavy (non-hydrogen) atoms. The summed E-state index contributed by atoms with van der Waals surface area (Å²) in [5.41, 5.74) is 1.13. The van der Waals surface area contributed by atoms with Crippen molar-refractivity contribution >= 4 is 23.4 Å². The zero-order valence-corrected chi connectivity index (χ0v) is 10.1. The van der Waals surface area contributed by atoms with Gasteiger partial charge in [-0.15, -0.1) is 11.8 Å². The second-order valence-corrected chi connectivity index (χ2v) is 5.44. The SMILES string of the molecule is CC1CCSC(c2ccc(O)c(Cl)c2)N1. The van der Waals surface area contributed by atoms with Crippen molar-refractivity contribution in [2.24, 2.45) is 0 Å². The number of rotatable bonds is 1. The zero-order valence-electron chi connectivity index (χ0n) is 8.53. The predicted molar refractivity (Wildman–Crippen MR) is 65.5 cm³/mol. The molecule has 2 atom stereocenters. The number of phenolic OH excluding ortho intramolecular Hbond substituents is 1. The lowest BCUT2D eigenvalue weighted by atomic mass is 10.2. The minimum atomic E-state index is 0.147. The van der Waals surface area contributed by atoms with Crippen LogP contribution >= 0.6 is 23.4 Å². The normalized spacial score (nSPS) is 26.5. The van der Waals surface area contributed by atoms with Crippen molar-refractivity contribution in [1.29, 1.82) is 0 Å². The first-order valence-corrected chi connectivity index (χ1v) is 6.45. The lowest BCUT2D eigenvalue weighted by Crippen LogP contribution is -2.33. The van der Waals surface area contributed by atoms with Crippen LogP contribution in [0.4, 0.5) is 0 Å². The summed E-state index contributed by atoms with van der Waals surface area (Å²) in [4.78, 5) is 0. The summed E-state index contributed by atoms with van der Waals surface area (Å²) in [6.45, 7) is 2.19. The molecule has 82 valence electrons. The molecule has 0 spiro atoms. The molecule has 1 aromatic rings. The number of thioether (sulfide) groups is 1. The summed E-state index contributed by atoms with van der Waals surface area (Å²) in [6.07, 6.45) is 1.20. The summed E-state index contributed by atoms with van der Waals surface area (Å²) >= 11 is 7.77. The fraction of sp³-hybridized carbons (Fsp3) is 0.455. The standard InChI is InChI=1S/C11H14ClNOS/c1-7-4-5-15-11(13-7)8-2-3-10(14)9(12)6-8/h2-3,6-7,11,13-14H,4-5H2,1H3. The number of halogens is 1. The molecule has 4 heteroatoms. The minimum Gasteiger partial charge on any atom is -0.506 e. The predicted octanol–water partition coefficient (Wildman–Crippen LogP) is 3.16. The van der Waals surface area contributed by atoms with Gasteiger partial charge in [0.2, 0.25) is 0 Å². The smallest absolute Gasteiger partial charge is 0.134 e. The second kappa shape index (κ2) is 4.64. The van der Waals surface area contributed by atoms with Crippen LogP contribution in [0.3, 0.4) is 0 Å². The molecule has 0 amide bonds. The first-order chi connectivity index (χ1) is 7.16. The molecule has 2 nitrogen and oxygen atoms in total. The fourth-order valence-corrected chi connectivity index (χ4v) is 3.21. The Morgan fingerprint density at radius 1 is 1.53 bits per heavy atom. The van der Waals surface area contributed by atoms with Gasteiger partial charge >= 0.3 is 0 Å². The van der Waals surface area contributed by atoms with Crippen molar-refractivity contribution in [2.45, 2.75) is 24.8 Å². The highest BCUT2D eigenvalue weighted by Gasteiger charge is 2.20. The van der Waals surface area contributed by atoms with Crippen LogP contribution < -0.4 is 5.32 Å². The number of hydrogen-bond acceptors (Lipinski definition) is 3. The van der Waals surface area contributed by atoms with E-state index in [1.54, 1.807) is 6.07 Å². The van der Waals surface area contributed by atoms with Crippen molar-refractivity contribution < 1.29 is 5.11 Å². The molecule has 2 unspecified atom stereocenters. The number of aromatic hydroxyl groups is 1. The van der Waals surface area contributed by atoms with Gasteiger partial charge in [0.05, 0.1) is 10.4 Å². The van der Waals surface area contributed by atoms with Crippen LogP contribution in [0, 0.1) is 0 Å². The third-order valence-corrected chi connectivity index (χ3v) is 4.06. The van der Waals surface area contributed by atoms with Crippen molar-refractivity contribution in [2.75, 3.05) is 5.75 Å². The molecule has 1 aliphatic heterocycles. The Morgan fingerprint density at radius 2 is 2.33 bits per heavy atom. The van der Waals surface area contributed by atoms with Crippen LogP contribution in [-0.2, 0) is 0 Å². The number of nitrogens with one attached hydrogen (secondary N) is 1. The van der Waals surface area contributed by atoms with E-state index in [1.165, 1.54) is 6.42 Å². The monoisotopic (exact) mass is 243 g/mol. The summed E-state index contributed by atoms with van der Waals surface area (Å²) in [5.74, 6) is 1.31. The Bertz CT molecular complexity index is 358. The molecule has 1 fully saturated rings. The molecule has 0 aromatic heterocycles. The van der Waals surface area contributed by atoms with Crippen LogP contribution in [0.5, 0.6) is 5.75 Å². The average Bonchev–Trinajstić information content (AvgIpc) is 2.22. The Hall–Kier alpha value is -0.380.